The van der Waals surface area contributed by atoms with Crippen molar-refractivity contribution < 1.29 is 22.8 Å². The van der Waals surface area contributed by atoms with Gasteiger partial charge < -0.3 is 15.5 Å². The molecule has 0 radical (unpaired) electrons. The van der Waals surface area contributed by atoms with Gasteiger partial charge in [-0.15, -0.1) is 0 Å². The fraction of sp³-hybridized carbons (Fsp3) is 0.227. The zero-order valence-corrected chi connectivity index (χ0v) is 18.1. The van der Waals surface area contributed by atoms with E-state index in [1.165, 1.54) is 52.3 Å². The summed E-state index contributed by atoms with van der Waals surface area (Å²) in [6, 6.07) is 5.27. The molecule has 4 rings (SSSR count). The lowest BCUT2D eigenvalue weighted by molar-refractivity contribution is -0.126. The summed E-state index contributed by atoms with van der Waals surface area (Å²) in [6.45, 7) is 2.11. The number of amides is 3. The molecule has 1 aromatic heterocycles. The highest BCUT2D eigenvalue weighted by Crippen LogP contribution is 2.30. The summed E-state index contributed by atoms with van der Waals surface area (Å²) in [4.78, 5) is 26.3. The predicted octanol–water partition coefficient (Wildman–Crippen LogP) is 3.56. The highest BCUT2D eigenvalue weighted by molar-refractivity contribution is 6.31. The third-order valence-corrected chi connectivity index (χ3v) is 5.78. The van der Waals surface area contributed by atoms with Gasteiger partial charge in [0.25, 0.3) is 0 Å². The van der Waals surface area contributed by atoms with E-state index in [1.807, 2.05) is 0 Å². The van der Waals surface area contributed by atoms with Crippen LogP contribution in [0.3, 0.4) is 0 Å². The van der Waals surface area contributed by atoms with Gasteiger partial charge in [0.15, 0.2) is 0 Å². The minimum atomic E-state index is -1.10. The standard InChI is InChI=1S/C22H19ClF3N5O2/c1-12-21(32)27-8-9-30(12)22(33)29-20(16-6-7-17(25)18(23)19(16)26)13-10-28-31(11-13)15-4-2-14(24)3-5-15/h2-7,10-12,20H,8-9H2,1H3,(H,27,32)(H,29,33)/t12-,20+/m1/s1. The maximum Gasteiger partial charge on any atom is 0.318 e. The number of rotatable bonds is 4. The highest BCUT2D eigenvalue weighted by Gasteiger charge is 2.32. The number of carbonyl (C=O) groups excluding carboxylic acids is 2. The Labute approximate surface area is 192 Å². The van der Waals surface area contributed by atoms with Crippen LogP contribution in [0.1, 0.15) is 24.1 Å². The van der Waals surface area contributed by atoms with Crippen molar-refractivity contribution >= 4 is 23.5 Å². The minimum Gasteiger partial charge on any atom is -0.353 e. The van der Waals surface area contributed by atoms with Crippen LogP contribution in [0.4, 0.5) is 18.0 Å². The zero-order valence-electron chi connectivity index (χ0n) is 17.4. The van der Waals surface area contributed by atoms with Crippen molar-refractivity contribution in [2.24, 2.45) is 0 Å². The fourth-order valence-electron chi connectivity index (χ4n) is 3.59. The molecule has 1 aliphatic heterocycles. The van der Waals surface area contributed by atoms with Crippen LogP contribution in [0.15, 0.2) is 48.8 Å². The summed E-state index contributed by atoms with van der Waals surface area (Å²) in [5.41, 5.74) is 0.817. The monoisotopic (exact) mass is 477 g/mol. The molecule has 1 aliphatic rings. The van der Waals surface area contributed by atoms with Gasteiger partial charge in [0.2, 0.25) is 5.91 Å². The van der Waals surface area contributed by atoms with Crippen LogP contribution in [-0.2, 0) is 4.79 Å². The number of halogens is 4. The van der Waals surface area contributed by atoms with Crippen molar-refractivity contribution in [3.05, 3.63) is 82.4 Å². The average Bonchev–Trinajstić information content (AvgIpc) is 3.28. The quantitative estimate of drug-likeness (QED) is 0.564. The molecule has 0 aliphatic carbocycles. The molecule has 2 heterocycles. The van der Waals surface area contributed by atoms with Gasteiger partial charge in [-0.2, -0.15) is 5.10 Å². The lowest BCUT2D eigenvalue weighted by Gasteiger charge is -2.34. The first-order valence-electron chi connectivity index (χ1n) is 10.0. The topological polar surface area (TPSA) is 79.3 Å². The fourth-order valence-corrected chi connectivity index (χ4v) is 3.76. The number of aromatic nitrogens is 2. The zero-order chi connectivity index (χ0) is 23.7. The van der Waals surface area contributed by atoms with Crippen molar-refractivity contribution in [3.8, 4) is 5.69 Å². The Balaban J connectivity index is 1.71. The van der Waals surface area contributed by atoms with E-state index in [-0.39, 0.29) is 24.6 Å². The molecule has 0 unspecified atom stereocenters. The van der Waals surface area contributed by atoms with E-state index in [0.717, 1.165) is 6.07 Å². The maximum atomic E-state index is 14.9. The van der Waals surface area contributed by atoms with E-state index in [1.54, 1.807) is 6.92 Å². The normalized spacial score (nSPS) is 16.9. The number of benzene rings is 2. The van der Waals surface area contributed by atoms with Crippen molar-refractivity contribution in [2.75, 3.05) is 13.1 Å². The van der Waals surface area contributed by atoms with Crippen molar-refractivity contribution in [1.29, 1.82) is 0 Å². The predicted molar refractivity (Wildman–Crippen MR) is 114 cm³/mol. The molecule has 2 aromatic carbocycles. The number of nitrogens with zero attached hydrogens (tertiary/aromatic N) is 3. The first-order chi connectivity index (χ1) is 15.8. The number of urea groups is 1. The lowest BCUT2D eigenvalue weighted by atomic mass is 10.0. The van der Waals surface area contributed by atoms with E-state index >= 15 is 0 Å². The second kappa shape index (κ2) is 9.14. The number of piperazine rings is 1. The third-order valence-electron chi connectivity index (χ3n) is 5.43. The molecule has 33 heavy (non-hydrogen) atoms. The Bertz CT molecular complexity index is 1200. The second-order valence-corrected chi connectivity index (χ2v) is 7.88. The van der Waals surface area contributed by atoms with Gasteiger partial charge in [0.1, 0.15) is 28.5 Å². The summed E-state index contributed by atoms with van der Waals surface area (Å²) < 4.78 is 43.4. The number of hydrogen-bond donors (Lipinski definition) is 2. The second-order valence-electron chi connectivity index (χ2n) is 7.50. The van der Waals surface area contributed by atoms with Crippen LogP contribution in [0.2, 0.25) is 5.02 Å². The first kappa shape index (κ1) is 22.7. The molecule has 1 fully saturated rings. The molecule has 3 aromatic rings. The molecule has 0 spiro atoms. The van der Waals surface area contributed by atoms with E-state index in [2.05, 4.69) is 15.7 Å². The van der Waals surface area contributed by atoms with Gasteiger partial charge in [-0.05, 0) is 37.3 Å². The molecule has 1 saturated heterocycles. The van der Waals surface area contributed by atoms with E-state index in [0.29, 0.717) is 11.3 Å². The Morgan fingerprint density at radius 3 is 2.67 bits per heavy atom. The van der Waals surface area contributed by atoms with Crippen molar-refractivity contribution in [2.45, 2.75) is 19.0 Å². The molecular weight excluding hydrogens is 459 g/mol. The van der Waals surface area contributed by atoms with Gasteiger partial charge in [-0.3, -0.25) is 4.79 Å². The number of carbonyl (C=O) groups is 2. The molecule has 2 atom stereocenters. The molecular formula is C22H19ClF3N5O2. The van der Waals surface area contributed by atoms with Gasteiger partial charge in [0, 0.05) is 30.4 Å². The van der Waals surface area contributed by atoms with Crippen LogP contribution in [0.25, 0.3) is 5.69 Å². The molecule has 11 heteroatoms. The van der Waals surface area contributed by atoms with Gasteiger partial charge in [-0.25, -0.2) is 22.6 Å². The highest BCUT2D eigenvalue weighted by atomic mass is 35.5. The average molecular weight is 478 g/mol. The molecule has 172 valence electrons. The number of nitrogens with one attached hydrogen (secondary N) is 2. The minimum absolute atomic E-state index is 0.0810. The van der Waals surface area contributed by atoms with Crippen molar-refractivity contribution in [3.63, 3.8) is 0 Å². The molecule has 7 nitrogen and oxygen atoms in total. The van der Waals surface area contributed by atoms with Gasteiger partial charge in [-0.1, -0.05) is 17.7 Å². The maximum absolute atomic E-state index is 14.9. The Morgan fingerprint density at radius 2 is 1.94 bits per heavy atom. The van der Waals surface area contributed by atoms with Crippen LogP contribution in [0.5, 0.6) is 0 Å². The smallest absolute Gasteiger partial charge is 0.318 e. The van der Waals surface area contributed by atoms with Gasteiger partial charge in [0.05, 0.1) is 17.9 Å². The Kier molecular flexibility index (Phi) is 6.28. The largest absolute Gasteiger partial charge is 0.353 e. The summed E-state index contributed by atoms with van der Waals surface area (Å²) >= 11 is 5.78. The lowest BCUT2D eigenvalue weighted by Crippen LogP contribution is -2.58. The summed E-state index contributed by atoms with van der Waals surface area (Å²) in [6.07, 6.45) is 2.93. The van der Waals surface area contributed by atoms with E-state index < -0.39 is 40.6 Å². The molecule has 3 amide bonds. The van der Waals surface area contributed by atoms with Crippen LogP contribution in [-0.4, -0.2) is 45.8 Å². The third kappa shape index (κ3) is 4.51. The molecule has 0 bridgehead atoms. The number of hydrogen-bond acceptors (Lipinski definition) is 3. The Morgan fingerprint density at radius 1 is 1.21 bits per heavy atom. The Hall–Kier alpha value is -3.53. The summed E-state index contributed by atoms with van der Waals surface area (Å²) in [7, 11) is 0. The van der Waals surface area contributed by atoms with Gasteiger partial charge >= 0.3 is 6.03 Å². The van der Waals surface area contributed by atoms with E-state index in [9.17, 15) is 22.8 Å². The first-order valence-corrected chi connectivity index (χ1v) is 10.4. The molecule has 0 saturated carbocycles. The summed E-state index contributed by atoms with van der Waals surface area (Å²) in [5.74, 6) is -2.70. The SMILES string of the molecule is C[C@@H]1C(=O)NCCN1C(=O)N[C@@H](c1cnn(-c2ccc(F)cc2)c1)c1ccc(F)c(Cl)c1F. The van der Waals surface area contributed by atoms with Crippen LogP contribution >= 0.6 is 11.6 Å². The summed E-state index contributed by atoms with van der Waals surface area (Å²) in [5, 5.41) is 8.88. The molecule has 2 N–H and O–H groups in total. The van der Waals surface area contributed by atoms with Crippen molar-refractivity contribution in [1.82, 2.24) is 25.3 Å². The van der Waals surface area contributed by atoms with Crippen LogP contribution in [0, 0.1) is 17.5 Å². The van der Waals surface area contributed by atoms with Crippen LogP contribution < -0.4 is 10.6 Å². The van der Waals surface area contributed by atoms with E-state index in [4.69, 9.17) is 11.6 Å².